The average molecular weight is 218 g/mol. The second-order valence-corrected chi connectivity index (χ2v) is 7.44. The first-order valence-electron chi connectivity index (χ1n) is 7.08. The molecule has 0 nitrogen and oxygen atoms in total. The van der Waals surface area contributed by atoms with Crippen LogP contribution in [0.4, 0.5) is 0 Å². The molecule has 5 atom stereocenters. The van der Waals surface area contributed by atoms with Gasteiger partial charge in [0.25, 0.3) is 0 Å². The normalized spacial score (nSPS) is 54.1. The minimum absolute atomic E-state index is 0.592. The SMILES string of the molecule is C=C1CCC2C(C)(C)[C@@]2(C)C2C1CC[C@H]2C. The smallest absolute Gasteiger partial charge is 0.0169 e. The van der Waals surface area contributed by atoms with E-state index in [1.165, 1.54) is 25.7 Å². The lowest BCUT2D eigenvalue weighted by Crippen LogP contribution is -2.26. The molecule has 0 aliphatic heterocycles. The Morgan fingerprint density at radius 3 is 2.50 bits per heavy atom. The van der Waals surface area contributed by atoms with Crippen molar-refractivity contribution in [2.24, 2.45) is 34.5 Å². The fourth-order valence-corrected chi connectivity index (χ4v) is 5.64. The van der Waals surface area contributed by atoms with Crippen molar-refractivity contribution >= 4 is 0 Å². The van der Waals surface area contributed by atoms with Gasteiger partial charge in [0, 0.05) is 0 Å². The molecule has 90 valence electrons. The van der Waals surface area contributed by atoms with E-state index in [0.717, 1.165) is 23.7 Å². The van der Waals surface area contributed by atoms with Crippen LogP contribution in [0.1, 0.15) is 53.4 Å². The van der Waals surface area contributed by atoms with Gasteiger partial charge in [-0.2, -0.15) is 0 Å². The summed E-state index contributed by atoms with van der Waals surface area (Å²) in [4.78, 5) is 0. The van der Waals surface area contributed by atoms with Gasteiger partial charge in [-0.15, -0.1) is 0 Å². The number of fused-ring (bicyclic) bond motifs is 3. The summed E-state index contributed by atoms with van der Waals surface area (Å²) in [6, 6.07) is 0. The molecule has 16 heavy (non-hydrogen) atoms. The van der Waals surface area contributed by atoms with Gasteiger partial charge in [-0.05, 0) is 60.2 Å². The Kier molecular flexibility index (Phi) is 2.00. The van der Waals surface area contributed by atoms with Crippen molar-refractivity contribution in [3.8, 4) is 0 Å². The first kappa shape index (κ1) is 10.9. The quantitative estimate of drug-likeness (QED) is 0.519. The highest BCUT2D eigenvalue weighted by atomic mass is 14.8. The molecule has 0 heteroatoms. The molecule has 0 spiro atoms. The molecule has 0 radical (unpaired) electrons. The molecular formula is C16H26. The second-order valence-electron chi connectivity index (χ2n) is 7.44. The number of rotatable bonds is 0. The van der Waals surface area contributed by atoms with Gasteiger partial charge < -0.3 is 0 Å². The maximum atomic E-state index is 4.39. The van der Waals surface area contributed by atoms with E-state index in [1.54, 1.807) is 5.57 Å². The van der Waals surface area contributed by atoms with Crippen LogP contribution in [-0.2, 0) is 0 Å². The molecule has 0 aromatic carbocycles. The molecule has 0 aromatic rings. The van der Waals surface area contributed by atoms with Crippen LogP contribution in [-0.4, -0.2) is 0 Å². The van der Waals surface area contributed by atoms with Gasteiger partial charge in [0.2, 0.25) is 0 Å². The Balaban J connectivity index is 2.02. The molecule has 3 rings (SSSR count). The lowest BCUT2D eigenvalue weighted by molar-refractivity contribution is 0.184. The van der Waals surface area contributed by atoms with Crippen LogP contribution in [0, 0.1) is 34.5 Å². The summed E-state index contributed by atoms with van der Waals surface area (Å²) in [5.41, 5.74) is 2.79. The van der Waals surface area contributed by atoms with Crippen LogP contribution in [0.5, 0.6) is 0 Å². The minimum atomic E-state index is 0.592. The third-order valence-corrected chi connectivity index (χ3v) is 6.85. The van der Waals surface area contributed by atoms with E-state index in [0.29, 0.717) is 10.8 Å². The third kappa shape index (κ3) is 1.02. The molecular weight excluding hydrogens is 192 g/mol. The van der Waals surface area contributed by atoms with Gasteiger partial charge in [0.05, 0.1) is 0 Å². The van der Waals surface area contributed by atoms with Gasteiger partial charge in [-0.3, -0.25) is 0 Å². The van der Waals surface area contributed by atoms with E-state index in [1.807, 2.05) is 0 Å². The third-order valence-electron chi connectivity index (χ3n) is 6.85. The summed E-state index contributed by atoms with van der Waals surface area (Å²) in [6.07, 6.45) is 5.56. The molecule has 0 aromatic heterocycles. The van der Waals surface area contributed by atoms with Gasteiger partial charge >= 0.3 is 0 Å². The maximum Gasteiger partial charge on any atom is -0.0169 e. The Morgan fingerprint density at radius 1 is 1.12 bits per heavy atom. The molecule has 3 aliphatic rings. The molecule has 0 heterocycles. The Labute approximate surface area is 101 Å². The zero-order valence-electron chi connectivity index (χ0n) is 11.3. The minimum Gasteiger partial charge on any atom is -0.0996 e. The van der Waals surface area contributed by atoms with Crippen molar-refractivity contribution in [1.29, 1.82) is 0 Å². The van der Waals surface area contributed by atoms with E-state index < -0.39 is 0 Å². The lowest BCUT2D eigenvalue weighted by Gasteiger charge is -2.32. The molecule has 0 amide bonds. The fraction of sp³-hybridized carbons (Fsp3) is 0.875. The predicted molar refractivity (Wildman–Crippen MR) is 69.1 cm³/mol. The summed E-state index contributed by atoms with van der Waals surface area (Å²) in [6.45, 7) is 14.5. The first-order chi connectivity index (χ1) is 7.40. The predicted octanol–water partition coefficient (Wildman–Crippen LogP) is 4.66. The van der Waals surface area contributed by atoms with Gasteiger partial charge in [0.1, 0.15) is 0 Å². The number of hydrogen-bond donors (Lipinski definition) is 0. The molecule has 3 aliphatic carbocycles. The van der Waals surface area contributed by atoms with Crippen molar-refractivity contribution in [3.05, 3.63) is 12.2 Å². The standard InChI is InChI=1S/C16H26/c1-10-7-9-13-15(3,4)16(13,5)14-11(2)6-8-12(10)14/h11-14H,1,6-9H2,2-5H3/t11-,12?,13?,14?,16-/m1/s1. The van der Waals surface area contributed by atoms with Crippen LogP contribution in [0.2, 0.25) is 0 Å². The lowest BCUT2D eigenvalue weighted by atomic mass is 9.72. The Bertz CT molecular complexity index is 338. The zero-order valence-corrected chi connectivity index (χ0v) is 11.3. The van der Waals surface area contributed by atoms with Crippen LogP contribution in [0.15, 0.2) is 12.2 Å². The number of allylic oxidation sites excluding steroid dienone is 1. The summed E-state index contributed by atoms with van der Waals surface area (Å²) in [5, 5.41) is 0. The van der Waals surface area contributed by atoms with Crippen molar-refractivity contribution in [2.75, 3.05) is 0 Å². The molecule has 0 N–H and O–H groups in total. The van der Waals surface area contributed by atoms with Crippen LogP contribution >= 0.6 is 0 Å². The van der Waals surface area contributed by atoms with E-state index in [9.17, 15) is 0 Å². The second kappa shape index (κ2) is 2.94. The summed E-state index contributed by atoms with van der Waals surface area (Å²) in [5.74, 6) is 3.68. The highest BCUT2D eigenvalue weighted by Crippen LogP contribution is 2.79. The van der Waals surface area contributed by atoms with Gasteiger partial charge in [-0.1, -0.05) is 39.8 Å². The van der Waals surface area contributed by atoms with Crippen LogP contribution < -0.4 is 0 Å². The van der Waals surface area contributed by atoms with E-state index in [2.05, 4.69) is 34.3 Å². The van der Waals surface area contributed by atoms with Crippen molar-refractivity contribution in [1.82, 2.24) is 0 Å². The first-order valence-corrected chi connectivity index (χ1v) is 7.08. The van der Waals surface area contributed by atoms with Gasteiger partial charge in [0.15, 0.2) is 0 Å². The molecule has 3 saturated carbocycles. The van der Waals surface area contributed by atoms with Crippen molar-refractivity contribution < 1.29 is 0 Å². The van der Waals surface area contributed by atoms with Crippen LogP contribution in [0.3, 0.4) is 0 Å². The highest BCUT2D eigenvalue weighted by molar-refractivity contribution is 5.26. The Hall–Kier alpha value is -0.260. The average Bonchev–Trinajstić information content (AvgIpc) is 2.53. The maximum absolute atomic E-state index is 4.39. The van der Waals surface area contributed by atoms with Crippen molar-refractivity contribution in [2.45, 2.75) is 53.4 Å². The number of hydrogen-bond acceptors (Lipinski definition) is 0. The van der Waals surface area contributed by atoms with Gasteiger partial charge in [-0.25, -0.2) is 0 Å². The Morgan fingerprint density at radius 2 is 1.81 bits per heavy atom. The topological polar surface area (TPSA) is 0 Å². The van der Waals surface area contributed by atoms with E-state index >= 15 is 0 Å². The summed E-state index contributed by atoms with van der Waals surface area (Å²) >= 11 is 0. The molecule has 0 bridgehead atoms. The summed E-state index contributed by atoms with van der Waals surface area (Å²) in [7, 11) is 0. The molecule has 3 unspecified atom stereocenters. The monoisotopic (exact) mass is 218 g/mol. The fourth-order valence-electron chi connectivity index (χ4n) is 5.64. The molecule has 0 saturated heterocycles. The van der Waals surface area contributed by atoms with Crippen LogP contribution in [0.25, 0.3) is 0 Å². The highest BCUT2D eigenvalue weighted by Gasteiger charge is 2.73. The zero-order chi connectivity index (χ0) is 11.7. The van der Waals surface area contributed by atoms with Crippen molar-refractivity contribution in [3.63, 3.8) is 0 Å². The molecule has 3 fully saturated rings. The summed E-state index contributed by atoms with van der Waals surface area (Å²) < 4.78 is 0. The van der Waals surface area contributed by atoms with E-state index in [-0.39, 0.29) is 0 Å². The largest absolute Gasteiger partial charge is 0.0996 e. The van der Waals surface area contributed by atoms with E-state index in [4.69, 9.17) is 0 Å².